The van der Waals surface area contributed by atoms with Crippen LogP contribution >= 0.6 is 11.3 Å². The molecule has 1 aliphatic carbocycles. The molecule has 5 aromatic heterocycles. The first-order chi connectivity index (χ1) is 18.7. The third kappa shape index (κ3) is 4.85. The number of aromatic nitrogens is 6. The van der Waals surface area contributed by atoms with Gasteiger partial charge < -0.3 is 10.3 Å². The number of pyridine rings is 2. The van der Waals surface area contributed by atoms with E-state index < -0.39 is 0 Å². The summed E-state index contributed by atoms with van der Waals surface area (Å²) < 4.78 is 0. The molecule has 0 aliphatic heterocycles. The first-order valence-corrected chi connectivity index (χ1v) is 14.0. The maximum absolute atomic E-state index is 5.02. The van der Waals surface area contributed by atoms with Crippen LogP contribution in [0.3, 0.4) is 0 Å². The largest absolute Gasteiger partial charge is 0.335 e. The summed E-state index contributed by atoms with van der Waals surface area (Å²) in [6, 6.07) is 8.18. The van der Waals surface area contributed by atoms with Gasteiger partial charge in [-0.05, 0) is 73.0 Å². The highest BCUT2D eigenvalue weighted by molar-refractivity contribution is 7.13. The molecule has 8 heteroatoms. The number of fused-ring (bicyclic) bond motifs is 2. The molecule has 3 N–H and O–H groups in total. The minimum absolute atomic E-state index is 0.669. The van der Waals surface area contributed by atoms with E-state index in [2.05, 4.69) is 55.7 Å². The van der Waals surface area contributed by atoms with Crippen molar-refractivity contribution >= 4 is 39.0 Å². The average Bonchev–Trinajstić information content (AvgIpc) is 3.76. The predicted octanol–water partition coefficient (Wildman–Crippen LogP) is 6.92. The second kappa shape index (κ2) is 10.8. The van der Waals surface area contributed by atoms with Crippen LogP contribution in [0.2, 0.25) is 0 Å². The zero-order valence-corrected chi connectivity index (χ0v) is 22.3. The minimum Gasteiger partial charge on any atom is -0.335 e. The Morgan fingerprint density at radius 2 is 2.03 bits per heavy atom. The summed E-state index contributed by atoms with van der Waals surface area (Å²) in [5.74, 6) is 1.48. The summed E-state index contributed by atoms with van der Waals surface area (Å²) in [4.78, 5) is 18.9. The Balaban J connectivity index is 1.30. The van der Waals surface area contributed by atoms with Gasteiger partial charge in [0.05, 0.1) is 22.9 Å². The van der Waals surface area contributed by atoms with Crippen LogP contribution in [-0.4, -0.2) is 43.2 Å². The van der Waals surface area contributed by atoms with Gasteiger partial charge >= 0.3 is 0 Å². The predicted molar refractivity (Wildman–Crippen MR) is 157 cm³/mol. The molecule has 6 rings (SSSR count). The number of rotatable bonds is 9. The van der Waals surface area contributed by atoms with Crippen molar-refractivity contribution < 1.29 is 0 Å². The van der Waals surface area contributed by atoms with Crippen molar-refractivity contribution in [3.8, 4) is 22.0 Å². The van der Waals surface area contributed by atoms with Crippen molar-refractivity contribution in [2.24, 2.45) is 5.92 Å². The van der Waals surface area contributed by atoms with Crippen LogP contribution in [0.1, 0.15) is 38.3 Å². The fraction of sp³-hybridized carbons (Fsp3) is 0.267. The van der Waals surface area contributed by atoms with Gasteiger partial charge in [-0.2, -0.15) is 5.10 Å². The number of imidazole rings is 1. The van der Waals surface area contributed by atoms with Gasteiger partial charge in [-0.15, -0.1) is 11.3 Å². The normalized spacial score (nSPS) is 15.2. The van der Waals surface area contributed by atoms with E-state index in [9.17, 15) is 0 Å². The molecule has 0 amide bonds. The molecule has 0 radical (unpaired) electrons. The zero-order valence-electron chi connectivity index (χ0n) is 21.5. The van der Waals surface area contributed by atoms with E-state index in [4.69, 9.17) is 9.97 Å². The molecular formula is C30H31N7S. The van der Waals surface area contributed by atoms with Gasteiger partial charge in [0.2, 0.25) is 0 Å². The van der Waals surface area contributed by atoms with Crippen LogP contribution in [0.4, 0.5) is 0 Å². The van der Waals surface area contributed by atoms with Crippen LogP contribution in [0.5, 0.6) is 0 Å². The molecule has 5 heterocycles. The number of thiophene rings is 1. The van der Waals surface area contributed by atoms with E-state index in [1.54, 1.807) is 17.5 Å². The topological polar surface area (TPSA) is 95.2 Å². The third-order valence-electron chi connectivity index (χ3n) is 7.26. The maximum Gasteiger partial charge on any atom is 0.161 e. The van der Waals surface area contributed by atoms with Gasteiger partial charge in [0.1, 0.15) is 11.0 Å². The highest BCUT2D eigenvalue weighted by atomic mass is 32.1. The molecule has 0 saturated heterocycles. The maximum atomic E-state index is 5.02. The number of nitrogens with zero attached hydrogens (tertiary/aromatic N) is 4. The molecule has 0 bridgehead atoms. The first-order valence-electron chi connectivity index (χ1n) is 13.2. The van der Waals surface area contributed by atoms with Crippen molar-refractivity contribution in [1.82, 2.24) is 35.5 Å². The summed E-state index contributed by atoms with van der Waals surface area (Å²) >= 11 is 1.67. The van der Waals surface area contributed by atoms with Crippen molar-refractivity contribution in [1.29, 1.82) is 0 Å². The highest BCUT2D eigenvalue weighted by Crippen LogP contribution is 2.33. The van der Waals surface area contributed by atoms with Crippen LogP contribution in [0.15, 0.2) is 72.4 Å². The van der Waals surface area contributed by atoms with Crippen LogP contribution in [-0.2, 0) is 0 Å². The molecular weight excluding hydrogens is 490 g/mol. The summed E-state index contributed by atoms with van der Waals surface area (Å²) in [5.41, 5.74) is 8.17. The van der Waals surface area contributed by atoms with Gasteiger partial charge in [0.15, 0.2) is 11.5 Å². The van der Waals surface area contributed by atoms with Gasteiger partial charge in [0, 0.05) is 23.2 Å². The second-order valence-corrected chi connectivity index (χ2v) is 10.7. The lowest BCUT2D eigenvalue weighted by Crippen LogP contribution is -2.23. The summed E-state index contributed by atoms with van der Waals surface area (Å²) in [5, 5.41) is 13.4. The molecule has 1 aliphatic rings. The second-order valence-electron chi connectivity index (χ2n) is 9.76. The third-order valence-corrected chi connectivity index (χ3v) is 8.16. The lowest BCUT2D eigenvalue weighted by Gasteiger charge is -2.11. The van der Waals surface area contributed by atoms with E-state index in [-0.39, 0.29) is 0 Å². The van der Waals surface area contributed by atoms with E-state index in [1.165, 1.54) is 25.7 Å². The van der Waals surface area contributed by atoms with Crippen molar-refractivity contribution in [3.05, 3.63) is 78.1 Å². The van der Waals surface area contributed by atoms with Crippen molar-refractivity contribution in [2.75, 3.05) is 13.1 Å². The highest BCUT2D eigenvalue weighted by Gasteiger charge is 2.18. The molecule has 0 aromatic carbocycles. The number of H-pyrrole nitrogens is 2. The summed E-state index contributed by atoms with van der Waals surface area (Å²) in [6.07, 6.45) is 15.3. The molecule has 38 heavy (non-hydrogen) atoms. The SMILES string of the molecule is C=C/C(=C\C(=C/C)c1ccc2[nH]nc(-c3nc4c(-c5cccs5)cncc4[nH]3)c2n1)CNCC1CCCC1. The van der Waals surface area contributed by atoms with Crippen molar-refractivity contribution in [3.63, 3.8) is 0 Å². The van der Waals surface area contributed by atoms with Gasteiger partial charge in [-0.25, -0.2) is 9.97 Å². The van der Waals surface area contributed by atoms with E-state index >= 15 is 0 Å². The molecule has 1 fully saturated rings. The molecule has 7 nitrogen and oxygen atoms in total. The molecule has 1 saturated carbocycles. The number of aromatic amines is 2. The number of nitrogens with one attached hydrogen (secondary N) is 3. The van der Waals surface area contributed by atoms with Crippen molar-refractivity contribution in [2.45, 2.75) is 32.6 Å². The molecule has 0 spiro atoms. The summed E-state index contributed by atoms with van der Waals surface area (Å²) in [6.45, 7) is 7.96. The quantitative estimate of drug-likeness (QED) is 0.183. The Bertz CT molecular complexity index is 1630. The number of hydrogen-bond donors (Lipinski definition) is 3. The standard InChI is InChI=1S/C30H31N7S/c1-3-19(15-31-16-20-8-5-6-9-20)14-21(4-2)23-11-12-24-28(33-23)29(37-36-24)30-34-25-18-32-17-22(27(25)35-30)26-10-7-13-38-26/h3-4,7,10-14,17-18,20,31H,1,5-6,8-9,15-16H2,2H3,(H,34,35)(H,36,37)/b19-14+,21-4+. The lowest BCUT2D eigenvalue weighted by molar-refractivity contribution is 0.503. The summed E-state index contributed by atoms with van der Waals surface area (Å²) in [7, 11) is 0. The van der Waals surface area contributed by atoms with Crippen LogP contribution in [0.25, 0.3) is 49.6 Å². The Kier molecular flexibility index (Phi) is 6.98. The first kappa shape index (κ1) is 24.5. The van der Waals surface area contributed by atoms with Gasteiger partial charge in [-0.3, -0.25) is 10.1 Å². The minimum atomic E-state index is 0.669. The average molecular weight is 522 g/mol. The number of hydrogen-bond acceptors (Lipinski definition) is 6. The van der Waals surface area contributed by atoms with Gasteiger partial charge in [-0.1, -0.05) is 37.6 Å². The van der Waals surface area contributed by atoms with Crippen LogP contribution < -0.4 is 5.32 Å². The van der Waals surface area contributed by atoms with E-state index in [0.29, 0.717) is 11.5 Å². The lowest BCUT2D eigenvalue weighted by atomic mass is 10.1. The fourth-order valence-electron chi connectivity index (χ4n) is 5.20. The number of allylic oxidation sites excluding steroid dienone is 3. The van der Waals surface area contributed by atoms with E-state index in [0.717, 1.165) is 68.4 Å². The Hall–Kier alpha value is -3.88. The van der Waals surface area contributed by atoms with Crippen LogP contribution in [0, 0.1) is 5.92 Å². The Morgan fingerprint density at radius 1 is 1.13 bits per heavy atom. The molecule has 0 unspecified atom stereocenters. The molecule has 5 aromatic rings. The Morgan fingerprint density at radius 3 is 2.82 bits per heavy atom. The molecule has 192 valence electrons. The fourth-order valence-corrected chi connectivity index (χ4v) is 5.94. The van der Waals surface area contributed by atoms with E-state index in [1.807, 2.05) is 37.4 Å². The monoisotopic (exact) mass is 521 g/mol. The zero-order chi connectivity index (χ0) is 25.9. The van der Waals surface area contributed by atoms with Gasteiger partial charge in [0.25, 0.3) is 0 Å². The molecule has 0 atom stereocenters. The smallest absolute Gasteiger partial charge is 0.161 e. The Labute approximate surface area is 225 Å².